The quantitative estimate of drug-likeness (QED) is 0.878. The van der Waals surface area contributed by atoms with Gasteiger partial charge in [0.25, 0.3) is 0 Å². The van der Waals surface area contributed by atoms with E-state index in [1.165, 1.54) is 5.56 Å². The van der Waals surface area contributed by atoms with Gasteiger partial charge in [-0.1, -0.05) is 13.8 Å². The lowest BCUT2D eigenvalue weighted by atomic mass is 9.93. The van der Waals surface area contributed by atoms with Crippen LogP contribution in [0.15, 0.2) is 18.3 Å². The minimum atomic E-state index is 0.0307. The molecule has 1 aromatic heterocycles. The largest absolute Gasteiger partial charge is 0.348 e. The predicted molar refractivity (Wildman–Crippen MR) is 89.6 cm³/mol. The Labute approximate surface area is 134 Å². The van der Waals surface area contributed by atoms with Crippen molar-refractivity contribution in [2.75, 3.05) is 19.6 Å². The summed E-state index contributed by atoms with van der Waals surface area (Å²) in [5, 5.41) is 3.17. The SMILES string of the molecule is CC[C@@H](NC(=O)CC1CCN(CC)CC1)c1cc(C)ccn1. The number of hydrogen-bond donors (Lipinski definition) is 1. The standard InChI is InChI=1S/C18H29N3O/c1-4-16(17-12-14(3)6-9-19-17)20-18(22)13-15-7-10-21(5-2)11-8-15/h6,9,12,15-16H,4-5,7-8,10-11,13H2,1-3H3,(H,20,22)/t16-/m1/s1. The average molecular weight is 303 g/mol. The molecule has 22 heavy (non-hydrogen) atoms. The van der Waals surface area contributed by atoms with Crippen LogP contribution < -0.4 is 5.32 Å². The van der Waals surface area contributed by atoms with Gasteiger partial charge in [0.2, 0.25) is 5.91 Å². The van der Waals surface area contributed by atoms with E-state index in [1.54, 1.807) is 0 Å². The third-order valence-electron chi connectivity index (χ3n) is 4.67. The van der Waals surface area contributed by atoms with Crippen LogP contribution in [-0.2, 0) is 4.79 Å². The van der Waals surface area contributed by atoms with Crippen LogP contribution in [0.3, 0.4) is 0 Å². The summed E-state index contributed by atoms with van der Waals surface area (Å²) < 4.78 is 0. The van der Waals surface area contributed by atoms with Gasteiger partial charge in [0.05, 0.1) is 11.7 Å². The number of aryl methyl sites for hydroxylation is 1. The first-order valence-corrected chi connectivity index (χ1v) is 8.56. The number of carbonyl (C=O) groups is 1. The smallest absolute Gasteiger partial charge is 0.220 e. The molecule has 1 fully saturated rings. The lowest BCUT2D eigenvalue weighted by Crippen LogP contribution is -2.36. The summed E-state index contributed by atoms with van der Waals surface area (Å²) in [6, 6.07) is 4.08. The Bertz CT molecular complexity index is 481. The Morgan fingerprint density at radius 3 is 2.73 bits per heavy atom. The Kier molecular flexibility index (Phi) is 6.37. The van der Waals surface area contributed by atoms with Gasteiger partial charge in [0.1, 0.15) is 0 Å². The number of likely N-dealkylation sites (tertiary alicyclic amines) is 1. The van der Waals surface area contributed by atoms with Crippen molar-refractivity contribution in [2.24, 2.45) is 5.92 Å². The highest BCUT2D eigenvalue weighted by atomic mass is 16.1. The molecule has 2 rings (SSSR count). The molecule has 1 atom stereocenters. The van der Waals surface area contributed by atoms with Crippen molar-refractivity contribution >= 4 is 5.91 Å². The normalized spacial score (nSPS) is 18.1. The van der Waals surface area contributed by atoms with Crippen molar-refractivity contribution in [3.8, 4) is 0 Å². The molecule has 1 amide bonds. The van der Waals surface area contributed by atoms with Crippen LogP contribution in [0.25, 0.3) is 0 Å². The molecule has 0 aromatic carbocycles. The minimum Gasteiger partial charge on any atom is -0.348 e. The van der Waals surface area contributed by atoms with Crippen molar-refractivity contribution in [1.29, 1.82) is 0 Å². The van der Waals surface area contributed by atoms with Gasteiger partial charge in [0, 0.05) is 12.6 Å². The summed E-state index contributed by atoms with van der Waals surface area (Å²) >= 11 is 0. The molecule has 0 unspecified atom stereocenters. The lowest BCUT2D eigenvalue weighted by Gasteiger charge is -2.31. The van der Waals surface area contributed by atoms with E-state index in [2.05, 4.69) is 42.0 Å². The van der Waals surface area contributed by atoms with Gasteiger partial charge in [-0.25, -0.2) is 0 Å². The van der Waals surface area contributed by atoms with Crippen molar-refractivity contribution < 1.29 is 4.79 Å². The molecule has 0 aliphatic carbocycles. The van der Waals surface area contributed by atoms with Gasteiger partial charge >= 0.3 is 0 Å². The maximum Gasteiger partial charge on any atom is 0.220 e. The number of rotatable bonds is 6. The maximum absolute atomic E-state index is 12.3. The summed E-state index contributed by atoms with van der Waals surface area (Å²) in [6.45, 7) is 9.73. The van der Waals surface area contributed by atoms with E-state index < -0.39 is 0 Å². The van der Waals surface area contributed by atoms with Crippen LogP contribution in [-0.4, -0.2) is 35.4 Å². The molecule has 4 heteroatoms. The van der Waals surface area contributed by atoms with Crippen LogP contribution in [0, 0.1) is 12.8 Å². The predicted octanol–water partition coefficient (Wildman–Crippen LogP) is 3.08. The van der Waals surface area contributed by atoms with Crippen LogP contribution in [0.4, 0.5) is 0 Å². The molecule has 1 aliphatic rings. The van der Waals surface area contributed by atoms with Gasteiger partial charge in [-0.2, -0.15) is 0 Å². The second-order valence-corrected chi connectivity index (χ2v) is 6.37. The number of aromatic nitrogens is 1. The zero-order valence-electron chi connectivity index (χ0n) is 14.1. The first-order chi connectivity index (χ1) is 10.6. The summed E-state index contributed by atoms with van der Waals surface area (Å²) in [4.78, 5) is 19.2. The number of nitrogens with zero attached hydrogens (tertiary/aromatic N) is 2. The van der Waals surface area contributed by atoms with Gasteiger partial charge < -0.3 is 10.2 Å². The van der Waals surface area contributed by atoms with Gasteiger partial charge in [-0.05, 0) is 69.4 Å². The van der Waals surface area contributed by atoms with E-state index in [1.807, 2.05) is 12.3 Å². The molecule has 1 aliphatic heterocycles. The Morgan fingerprint density at radius 1 is 1.41 bits per heavy atom. The minimum absolute atomic E-state index is 0.0307. The summed E-state index contributed by atoms with van der Waals surface area (Å²) in [5.74, 6) is 0.705. The molecule has 1 saturated heterocycles. The monoisotopic (exact) mass is 303 g/mol. The van der Waals surface area contributed by atoms with E-state index in [4.69, 9.17) is 0 Å². The first kappa shape index (κ1) is 16.9. The molecule has 4 nitrogen and oxygen atoms in total. The van der Waals surface area contributed by atoms with E-state index in [-0.39, 0.29) is 11.9 Å². The number of carbonyl (C=O) groups excluding carboxylic acids is 1. The highest BCUT2D eigenvalue weighted by Crippen LogP contribution is 2.21. The van der Waals surface area contributed by atoms with Gasteiger partial charge in [-0.15, -0.1) is 0 Å². The lowest BCUT2D eigenvalue weighted by molar-refractivity contribution is -0.123. The van der Waals surface area contributed by atoms with Crippen molar-refractivity contribution in [1.82, 2.24) is 15.2 Å². The molecular weight excluding hydrogens is 274 g/mol. The average Bonchev–Trinajstić information content (AvgIpc) is 2.53. The topological polar surface area (TPSA) is 45.2 Å². The molecule has 0 saturated carbocycles. The second-order valence-electron chi connectivity index (χ2n) is 6.37. The Balaban J connectivity index is 1.85. The van der Waals surface area contributed by atoms with E-state index in [9.17, 15) is 4.79 Å². The first-order valence-electron chi connectivity index (χ1n) is 8.56. The fraction of sp³-hybridized carbons (Fsp3) is 0.667. The van der Waals surface area contributed by atoms with E-state index in [0.29, 0.717) is 12.3 Å². The fourth-order valence-electron chi connectivity index (χ4n) is 3.16. The summed E-state index contributed by atoms with van der Waals surface area (Å²) in [5.41, 5.74) is 2.15. The third-order valence-corrected chi connectivity index (χ3v) is 4.67. The number of amides is 1. The molecule has 0 radical (unpaired) electrons. The summed E-state index contributed by atoms with van der Waals surface area (Å²) in [7, 11) is 0. The van der Waals surface area contributed by atoms with Crippen LogP contribution in [0.1, 0.15) is 56.8 Å². The Morgan fingerprint density at radius 2 is 2.14 bits per heavy atom. The summed E-state index contributed by atoms with van der Waals surface area (Å²) in [6.07, 6.45) is 5.62. The van der Waals surface area contributed by atoms with Gasteiger partial charge in [0.15, 0.2) is 0 Å². The highest BCUT2D eigenvalue weighted by Gasteiger charge is 2.22. The van der Waals surface area contributed by atoms with E-state index in [0.717, 1.165) is 44.6 Å². The van der Waals surface area contributed by atoms with Crippen LogP contribution in [0.5, 0.6) is 0 Å². The molecule has 0 spiro atoms. The van der Waals surface area contributed by atoms with Gasteiger partial charge in [-0.3, -0.25) is 9.78 Å². The van der Waals surface area contributed by atoms with E-state index >= 15 is 0 Å². The zero-order chi connectivity index (χ0) is 15.9. The number of piperidine rings is 1. The molecule has 2 heterocycles. The second kappa shape index (κ2) is 8.28. The van der Waals surface area contributed by atoms with Crippen LogP contribution >= 0.6 is 0 Å². The molecular formula is C18H29N3O. The zero-order valence-corrected chi connectivity index (χ0v) is 14.1. The van der Waals surface area contributed by atoms with Crippen molar-refractivity contribution in [2.45, 2.75) is 52.5 Å². The van der Waals surface area contributed by atoms with Crippen LogP contribution in [0.2, 0.25) is 0 Å². The molecule has 0 bridgehead atoms. The number of pyridine rings is 1. The fourth-order valence-corrected chi connectivity index (χ4v) is 3.16. The van der Waals surface area contributed by atoms with Crippen molar-refractivity contribution in [3.05, 3.63) is 29.6 Å². The van der Waals surface area contributed by atoms with Crippen molar-refractivity contribution in [3.63, 3.8) is 0 Å². The number of nitrogens with one attached hydrogen (secondary N) is 1. The Hall–Kier alpha value is -1.42. The maximum atomic E-state index is 12.3. The molecule has 1 aromatic rings. The number of hydrogen-bond acceptors (Lipinski definition) is 3. The molecule has 122 valence electrons. The molecule has 1 N–H and O–H groups in total. The highest BCUT2D eigenvalue weighted by molar-refractivity contribution is 5.76. The third kappa shape index (κ3) is 4.80.